The summed E-state index contributed by atoms with van der Waals surface area (Å²) in [7, 11) is 1.64. The first-order chi connectivity index (χ1) is 6.26. The molecule has 0 aliphatic rings. The Morgan fingerprint density at radius 3 is 2.92 bits per heavy atom. The Kier molecular flexibility index (Phi) is 4.22. The van der Waals surface area contributed by atoms with Crippen molar-refractivity contribution in [3.8, 4) is 5.88 Å². The Labute approximate surface area is 87.5 Å². The van der Waals surface area contributed by atoms with Crippen LogP contribution in [0.1, 0.15) is 19.0 Å². The lowest BCUT2D eigenvalue weighted by atomic mass is 10.2. The van der Waals surface area contributed by atoms with Crippen molar-refractivity contribution in [1.82, 2.24) is 4.98 Å². The van der Waals surface area contributed by atoms with Crippen LogP contribution in [0.3, 0.4) is 0 Å². The third kappa shape index (κ3) is 3.35. The average molecular weight is 244 g/mol. The highest BCUT2D eigenvalue weighted by atomic mass is 79.9. The van der Waals surface area contributed by atoms with E-state index in [1.54, 1.807) is 7.11 Å². The summed E-state index contributed by atoms with van der Waals surface area (Å²) in [5, 5.41) is 0. The molecule has 0 spiro atoms. The molecule has 1 rings (SSSR count). The summed E-state index contributed by atoms with van der Waals surface area (Å²) in [5.41, 5.74) is 1.07. The maximum absolute atomic E-state index is 5.04. The zero-order valence-corrected chi connectivity index (χ0v) is 9.54. The lowest BCUT2D eigenvalue weighted by Gasteiger charge is -2.06. The number of hydrogen-bond donors (Lipinski definition) is 0. The first kappa shape index (κ1) is 10.5. The van der Waals surface area contributed by atoms with Gasteiger partial charge in [-0.2, -0.15) is 0 Å². The molecule has 0 saturated heterocycles. The van der Waals surface area contributed by atoms with E-state index in [4.69, 9.17) is 4.74 Å². The highest BCUT2D eigenvalue weighted by Gasteiger charge is 2.04. The van der Waals surface area contributed by atoms with Crippen LogP contribution in [0.15, 0.2) is 18.2 Å². The van der Waals surface area contributed by atoms with Crippen molar-refractivity contribution in [1.29, 1.82) is 0 Å². The third-order valence-electron chi connectivity index (χ3n) is 1.86. The van der Waals surface area contributed by atoms with Gasteiger partial charge in [0.15, 0.2) is 0 Å². The van der Waals surface area contributed by atoms with Crippen molar-refractivity contribution >= 4 is 15.9 Å². The number of alkyl halides is 1. The molecule has 0 amide bonds. The maximum Gasteiger partial charge on any atom is 0.213 e. The van der Waals surface area contributed by atoms with Crippen molar-refractivity contribution in [3.63, 3.8) is 0 Å². The minimum Gasteiger partial charge on any atom is -0.481 e. The minimum atomic E-state index is 0.507. The predicted octanol–water partition coefficient (Wildman–Crippen LogP) is 2.81. The van der Waals surface area contributed by atoms with Gasteiger partial charge in [-0.3, -0.25) is 0 Å². The molecular weight excluding hydrogens is 230 g/mol. The molecule has 1 heterocycles. The molecule has 0 saturated carbocycles. The van der Waals surface area contributed by atoms with E-state index >= 15 is 0 Å². The van der Waals surface area contributed by atoms with E-state index in [2.05, 4.69) is 27.8 Å². The number of aromatic nitrogens is 1. The van der Waals surface area contributed by atoms with Crippen LogP contribution in [-0.4, -0.2) is 16.9 Å². The summed E-state index contributed by atoms with van der Waals surface area (Å²) in [5.74, 6) is 0.688. The van der Waals surface area contributed by atoms with Crippen molar-refractivity contribution in [2.45, 2.75) is 24.6 Å². The van der Waals surface area contributed by atoms with Gasteiger partial charge in [0, 0.05) is 23.0 Å². The van der Waals surface area contributed by atoms with Crippen LogP contribution in [0.5, 0.6) is 5.88 Å². The number of nitrogens with zero attached hydrogens (tertiary/aromatic N) is 1. The molecule has 2 nitrogen and oxygen atoms in total. The Hall–Kier alpha value is -0.570. The molecule has 1 aromatic rings. The third-order valence-corrected chi connectivity index (χ3v) is 2.84. The average Bonchev–Trinajstić information content (AvgIpc) is 2.18. The fourth-order valence-corrected chi connectivity index (χ4v) is 1.39. The SMILES string of the molecule is CCC(Br)Cc1cccc(OC)n1. The van der Waals surface area contributed by atoms with Crippen LogP contribution < -0.4 is 4.74 Å². The molecule has 0 radical (unpaired) electrons. The summed E-state index contributed by atoms with van der Waals surface area (Å²) >= 11 is 3.58. The van der Waals surface area contributed by atoms with Crippen molar-refractivity contribution in [3.05, 3.63) is 23.9 Å². The smallest absolute Gasteiger partial charge is 0.213 e. The highest BCUT2D eigenvalue weighted by molar-refractivity contribution is 9.09. The number of pyridine rings is 1. The van der Waals surface area contributed by atoms with Crippen LogP contribution in [0, 0.1) is 0 Å². The molecule has 0 aromatic carbocycles. The van der Waals surface area contributed by atoms with E-state index < -0.39 is 0 Å². The van der Waals surface area contributed by atoms with Gasteiger partial charge in [0.1, 0.15) is 0 Å². The van der Waals surface area contributed by atoms with Crippen molar-refractivity contribution < 1.29 is 4.74 Å². The molecule has 0 fully saturated rings. The number of methoxy groups -OCH3 is 1. The summed E-state index contributed by atoms with van der Waals surface area (Å²) in [6.07, 6.45) is 2.06. The lowest BCUT2D eigenvalue weighted by Crippen LogP contribution is -2.03. The van der Waals surface area contributed by atoms with Crippen molar-refractivity contribution in [2.24, 2.45) is 0 Å². The highest BCUT2D eigenvalue weighted by Crippen LogP contribution is 2.13. The standard InChI is InChI=1S/C10H14BrNO/c1-3-8(11)7-9-5-4-6-10(12-9)13-2/h4-6,8H,3,7H2,1-2H3. The van der Waals surface area contributed by atoms with Crippen LogP contribution in [0.25, 0.3) is 0 Å². The fourth-order valence-electron chi connectivity index (χ4n) is 1.06. The van der Waals surface area contributed by atoms with Crippen LogP contribution in [0.4, 0.5) is 0 Å². The molecule has 0 N–H and O–H groups in total. The van der Waals surface area contributed by atoms with E-state index in [9.17, 15) is 0 Å². The van der Waals surface area contributed by atoms with Gasteiger partial charge in [-0.1, -0.05) is 28.9 Å². The van der Waals surface area contributed by atoms with Crippen LogP contribution in [-0.2, 0) is 6.42 Å². The molecule has 3 heteroatoms. The first-order valence-electron chi connectivity index (χ1n) is 4.40. The van der Waals surface area contributed by atoms with Crippen LogP contribution in [0.2, 0.25) is 0 Å². The molecule has 1 atom stereocenters. The fraction of sp³-hybridized carbons (Fsp3) is 0.500. The Bertz CT molecular complexity index is 265. The molecular formula is C10H14BrNO. The van der Waals surface area contributed by atoms with E-state index in [1.807, 2.05) is 18.2 Å². The molecule has 1 aromatic heterocycles. The first-order valence-corrected chi connectivity index (χ1v) is 5.31. The second kappa shape index (κ2) is 5.22. The normalized spacial score (nSPS) is 12.5. The Morgan fingerprint density at radius 1 is 1.54 bits per heavy atom. The van der Waals surface area contributed by atoms with Gasteiger partial charge in [-0.25, -0.2) is 4.98 Å². The van der Waals surface area contributed by atoms with E-state index in [0.29, 0.717) is 10.7 Å². The van der Waals surface area contributed by atoms with Gasteiger partial charge in [-0.15, -0.1) is 0 Å². The quantitative estimate of drug-likeness (QED) is 0.760. The summed E-state index contributed by atoms with van der Waals surface area (Å²) in [6, 6.07) is 5.85. The summed E-state index contributed by atoms with van der Waals surface area (Å²) in [4.78, 5) is 4.83. The van der Waals surface area contributed by atoms with Gasteiger partial charge in [-0.05, 0) is 12.5 Å². The molecule has 0 bridgehead atoms. The number of ether oxygens (including phenoxy) is 1. The second-order valence-electron chi connectivity index (χ2n) is 2.88. The Balaban J connectivity index is 2.66. The van der Waals surface area contributed by atoms with Gasteiger partial charge >= 0.3 is 0 Å². The van der Waals surface area contributed by atoms with E-state index in [0.717, 1.165) is 18.5 Å². The lowest BCUT2D eigenvalue weighted by molar-refractivity contribution is 0.396. The predicted molar refractivity (Wildman–Crippen MR) is 57.5 cm³/mol. The van der Waals surface area contributed by atoms with E-state index in [1.165, 1.54) is 0 Å². The molecule has 0 aliphatic carbocycles. The van der Waals surface area contributed by atoms with Gasteiger partial charge in [0.05, 0.1) is 7.11 Å². The van der Waals surface area contributed by atoms with Crippen molar-refractivity contribution in [2.75, 3.05) is 7.11 Å². The van der Waals surface area contributed by atoms with Gasteiger partial charge in [0.2, 0.25) is 5.88 Å². The monoisotopic (exact) mass is 243 g/mol. The number of rotatable bonds is 4. The zero-order chi connectivity index (χ0) is 9.68. The molecule has 13 heavy (non-hydrogen) atoms. The van der Waals surface area contributed by atoms with Gasteiger partial charge < -0.3 is 4.74 Å². The molecule has 72 valence electrons. The topological polar surface area (TPSA) is 22.1 Å². The Morgan fingerprint density at radius 2 is 2.31 bits per heavy atom. The maximum atomic E-state index is 5.04. The second-order valence-corrected chi connectivity index (χ2v) is 4.18. The summed E-state index contributed by atoms with van der Waals surface area (Å²) in [6.45, 7) is 2.15. The number of halogens is 1. The summed E-state index contributed by atoms with van der Waals surface area (Å²) < 4.78 is 5.04. The number of hydrogen-bond acceptors (Lipinski definition) is 2. The molecule has 0 aliphatic heterocycles. The largest absolute Gasteiger partial charge is 0.481 e. The minimum absolute atomic E-state index is 0.507. The van der Waals surface area contributed by atoms with E-state index in [-0.39, 0.29) is 0 Å². The zero-order valence-electron chi connectivity index (χ0n) is 7.96. The van der Waals surface area contributed by atoms with Gasteiger partial charge in [0.25, 0.3) is 0 Å². The molecule has 1 unspecified atom stereocenters. The van der Waals surface area contributed by atoms with Crippen LogP contribution >= 0.6 is 15.9 Å².